The maximum Gasteiger partial charge on any atom is 0.148 e. The Kier molecular flexibility index (Phi) is 4.34. The minimum Gasteiger partial charge on any atom is -0.366 e. The van der Waals surface area contributed by atoms with Crippen LogP contribution in [0, 0.1) is 6.92 Å². The molecular formula is C17H24N4. The molecule has 1 aromatic heterocycles. The summed E-state index contributed by atoms with van der Waals surface area (Å²) in [4.78, 5) is 11.9. The van der Waals surface area contributed by atoms with Gasteiger partial charge in [-0.15, -0.1) is 0 Å². The third-order valence-corrected chi connectivity index (χ3v) is 4.21. The summed E-state index contributed by atoms with van der Waals surface area (Å²) in [5.74, 6) is 0.947. The van der Waals surface area contributed by atoms with E-state index in [-0.39, 0.29) is 0 Å². The first-order chi connectivity index (χ1) is 10.3. The van der Waals surface area contributed by atoms with Crippen LogP contribution in [0.3, 0.4) is 0 Å². The number of rotatable bonds is 4. The molecule has 0 unspecified atom stereocenters. The van der Waals surface area contributed by atoms with Crippen LogP contribution < -0.4 is 5.32 Å². The van der Waals surface area contributed by atoms with Crippen molar-refractivity contribution in [2.75, 3.05) is 25.0 Å². The number of anilines is 1. The van der Waals surface area contributed by atoms with Crippen molar-refractivity contribution in [1.82, 2.24) is 14.9 Å². The van der Waals surface area contributed by atoms with Crippen LogP contribution in [0.4, 0.5) is 5.82 Å². The molecule has 0 aliphatic carbocycles. The van der Waals surface area contributed by atoms with Gasteiger partial charge < -0.3 is 10.2 Å². The van der Waals surface area contributed by atoms with Crippen LogP contribution in [0.1, 0.15) is 31.9 Å². The summed E-state index contributed by atoms with van der Waals surface area (Å²) in [5.41, 5.74) is 2.93. The van der Waals surface area contributed by atoms with Gasteiger partial charge in [0.2, 0.25) is 0 Å². The van der Waals surface area contributed by atoms with Crippen molar-refractivity contribution in [3.05, 3.63) is 30.0 Å². The first-order valence-corrected chi connectivity index (χ1v) is 7.98. The Bertz CT molecular complexity index is 603. The lowest BCUT2D eigenvalue weighted by Gasteiger charge is -2.32. The fourth-order valence-electron chi connectivity index (χ4n) is 3.04. The number of hydrogen-bond acceptors (Lipinski definition) is 4. The van der Waals surface area contributed by atoms with Gasteiger partial charge in [-0.1, -0.05) is 19.1 Å². The molecule has 3 rings (SSSR count). The number of likely N-dealkylation sites (tertiary alicyclic amines) is 1. The largest absolute Gasteiger partial charge is 0.366 e. The van der Waals surface area contributed by atoms with Crippen LogP contribution in [0.5, 0.6) is 0 Å². The molecule has 0 radical (unpaired) electrons. The summed E-state index contributed by atoms with van der Waals surface area (Å²) in [5, 5.41) is 3.60. The molecule has 4 heteroatoms. The van der Waals surface area contributed by atoms with E-state index in [1.807, 2.05) is 31.2 Å². The van der Waals surface area contributed by atoms with Gasteiger partial charge in [0, 0.05) is 19.1 Å². The molecule has 2 heterocycles. The van der Waals surface area contributed by atoms with Crippen LogP contribution >= 0.6 is 0 Å². The predicted octanol–water partition coefficient (Wildman–Crippen LogP) is 3.22. The summed E-state index contributed by atoms with van der Waals surface area (Å²) in [6.45, 7) is 7.88. The predicted molar refractivity (Wildman–Crippen MR) is 87.7 cm³/mol. The summed E-state index contributed by atoms with van der Waals surface area (Å²) in [6.07, 6.45) is 3.62. The third-order valence-electron chi connectivity index (χ3n) is 4.21. The van der Waals surface area contributed by atoms with E-state index in [0.29, 0.717) is 6.04 Å². The molecular weight excluding hydrogens is 260 g/mol. The summed E-state index contributed by atoms with van der Waals surface area (Å²) < 4.78 is 0. The van der Waals surface area contributed by atoms with Crippen LogP contribution in [-0.4, -0.2) is 40.5 Å². The molecule has 1 N–H and O–H groups in total. The first kappa shape index (κ1) is 14.3. The summed E-state index contributed by atoms with van der Waals surface area (Å²) in [7, 11) is 0. The highest BCUT2D eigenvalue weighted by molar-refractivity contribution is 5.76. The van der Waals surface area contributed by atoms with E-state index in [9.17, 15) is 0 Å². The van der Waals surface area contributed by atoms with Crippen molar-refractivity contribution in [2.45, 2.75) is 39.2 Å². The van der Waals surface area contributed by atoms with Crippen molar-refractivity contribution in [2.24, 2.45) is 0 Å². The van der Waals surface area contributed by atoms with Crippen LogP contribution in [-0.2, 0) is 0 Å². The smallest absolute Gasteiger partial charge is 0.148 e. The van der Waals surface area contributed by atoms with Crippen LogP contribution in [0.25, 0.3) is 11.0 Å². The zero-order valence-electron chi connectivity index (χ0n) is 13.0. The molecule has 1 aromatic carbocycles. The highest BCUT2D eigenvalue weighted by atomic mass is 15.1. The lowest BCUT2D eigenvalue weighted by atomic mass is 10.0. The van der Waals surface area contributed by atoms with E-state index in [1.54, 1.807) is 0 Å². The van der Waals surface area contributed by atoms with Gasteiger partial charge in [-0.05, 0) is 44.9 Å². The second kappa shape index (κ2) is 6.39. The monoisotopic (exact) mass is 284 g/mol. The third kappa shape index (κ3) is 3.32. The average Bonchev–Trinajstić information content (AvgIpc) is 2.50. The van der Waals surface area contributed by atoms with Gasteiger partial charge in [0.25, 0.3) is 0 Å². The first-order valence-electron chi connectivity index (χ1n) is 7.98. The van der Waals surface area contributed by atoms with Crippen LogP contribution in [0.2, 0.25) is 0 Å². The fraction of sp³-hybridized carbons (Fsp3) is 0.529. The number of fused-ring (bicyclic) bond motifs is 1. The second-order valence-corrected chi connectivity index (χ2v) is 5.91. The van der Waals surface area contributed by atoms with Gasteiger partial charge in [-0.25, -0.2) is 9.97 Å². The number of benzene rings is 1. The standard InChI is InChI=1S/C17H24N4/c1-3-10-21-11-8-14(9-12-21)19-17-13(2)18-15-6-4-5-7-16(15)20-17/h4-7,14H,3,8-12H2,1-2H3,(H,19,20). The molecule has 0 amide bonds. The van der Waals surface area contributed by atoms with Crippen molar-refractivity contribution < 1.29 is 0 Å². The number of para-hydroxylation sites is 2. The minimum atomic E-state index is 0.521. The lowest BCUT2D eigenvalue weighted by molar-refractivity contribution is 0.219. The van der Waals surface area contributed by atoms with Gasteiger partial charge in [0.05, 0.1) is 16.7 Å². The molecule has 2 aromatic rings. The minimum absolute atomic E-state index is 0.521. The Morgan fingerprint density at radius 3 is 2.48 bits per heavy atom. The Morgan fingerprint density at radius 2 is 1.81 bits per heavy atom. The Morgan fingerprint density at radius 1 is 1.14 bits per heavy atom. The van der Waals surface area contributed by atoms with Gasteiger partial charge in [0.15, 0.2) is 0 Å². The molecule has 0 bridgehead atoms. The maximum absolute atomic E-state index is 4.74. The van der Waals surface area contributed by atoms with E-state index in [2.05, 4.69) is 22.1 Å². The quantitative estimate of drug-likeness (QED) is 0.936. The molecule has 1 saturated heterocycles. The highest BCUT2D eigenvalue weighted by Crippen LogP contribution is 2.20. The summed E-state index contributed by atoms with van der Waals surface area (Å²) >= 11 is 0. The molecule has 112 valence electrons. The number of nitrogens with zero attached hydrogens (tertiary/aromatic N) is 3. The fourth-order valence-corrected chi connectivity index (χ4v) is 3.04. The molecule has 0 spiro atoms. The molecule has 4 nitrogen and oxygen atoms in total. The Balaban J connectivity index is 1.69. The Labute approximate surface area is 126 Å². The van der Waals surface area contributed by atoms with Crippen molar-refractivity contribution >= 4 is 16.9 Å². The zero-order chi connectivity index (χ0) is 14.7. The molecule has 0 saturated carbocycles. The topological polar surface area (TPSA) is 41.0 Å². The number of aromatic nitrogens is 2. The zero-order valence-corrected chi connectivity index (χ0v) is 13.0. The number of piperidine rings is 1. The SMILES string of the molecule is CCCN1CCC(Nc2nc3ccccc3nc2C)CC1. The maximum atomic E-state index is 4.74. The van der Waals surface area contributed by atoms with E-state index in [0.717, 1.165) is 22.5 Å². The van der Waals surface area contributed by atoms with E-state index < -0.39 is 0 Å². The average molecular weight is 284 g/mol. The van der Waals surface area contributed by atoms with Crippen molar-refractivity contribution in [1.29, 1.82) is 0 Å². The van der Waals surface area contributed by atoms with E-state index >= 15 is 0 Å². The number of aryl methyl sites for hydroxylation is 1. The molecule has 21 heavy (non-hydrogen) atoms. The molecule has 1 aliphatic rings. The van der Waals surface area contributed by atoms with Crippen molar-refractivity contribution in [3.63, 3.8) is 0 Å². The second-order valence-electron chi connectivity index (χ2n) is 5.91. The molecule has 1 aliphatic heterocycles. The van der Waals surface area contributed by atoms with E-state index in [1.165, 1.54) is 38.9 Å². The van der Waals surface area contributed by atoms with Crippen molar-refractivity contribution in [3.8, 4) is 0 Å². The lowest BCUT2D eigenvalue weighted by Crippen LogP contribution is -2.39. The van der Waals surface area contributed by atoms with Crippen LogP contribution in [0.15, 0.2) is 24.3 Å². The number of nitrogens with one attached hydrogen (secondary N) is 1. The van der Waals surface area contributed by atoms with Gasteiger partial charge in [-0.2, -0.15) is 0 Å². The Hall–Kier alpha value is -1.68. The van der Waals surface area contributed by atoms with Gasteiger partial charge in [-0.3, -0.25) is 0 Å². The number of hydrogen-bond donors (Lipinski definition) is 1. The molecule has 1 fully saturated rings. The van der Waals surface area contributed by atoms with Gasteiger partial charge >= 0.3 is 0 Å². The normalized spacial score (nSPS) is 17.2. The van der Waals surface area contributed by atoms with E-state index in [4.69, 9.17) is 4.98 Å². The van der Waals surface area contributed by atoms with Gasteiger partial charge in [0.1, 0.15) is 5.82 Å². The highest BCUT2D eigenvalue weighted by Gasteiger charge is 2.19. The molecule has 0 atom stereocenters. The summed E-state index contributed by atoms with van der Waals surface area (Å²) in [6, 6.07) is 8.58.